The normalized spacial score (nSPS) is 42.1. The van der Waals surface area contributed by atoms with Gasteiger partial charge >= 0.3 is 5.97 Å². The van der Waals surface area contributed by atoms with Crippen LogP contribution in [0.15, 0.2) is 0 Å². The highest BCUT2D eigenvalue weighted by atomic mass is 16.4. The molecule has 0 spiro atoms. The average Bonchev–Trinajstić information content (AvgIpc) is 2.57. The van der Waals surface area contributed by atoms with Crippen LogP contribution in [0, 0.1) is 17.8 Å². The van der Waals surface area contributed by atoms with Crippen molar-refractivity contribution in [1.29, 1.82) is 0 Å². The standard InChI is InChI=1S/C14H25NO3/c1-10-7-15(8-11(10)2)9-14(18)5-3-12(4-6-14)13(16)17/h10-12,18H,3-9H2,1-2H3,(H,16,17). The quantitative estimate of drug-likeness (QED) is 0.804. The Morgan fingerprint density at radius 1 is 1.22 bits per heavy atom. The molecule has 1 aliphatic heterocycles. The maximum atomic E-state index is 10.9. The number of carboxylic acids is 1. The van der Waals surface area contributed by atoms with Gasteiger partial charge in [0, 0.05) is 19.6 Å². The van der Waals surface area contributed by atoms with Crippen LogP contribution in [0.2, 0.25) is 0 Å². The monoisotopic (exact) mass is 255 g/mol. The molecule has 0 aromatic rings. The molecule has 0 aromatic carbocycles. The molecule has 104 valence electrons. The minimum atomic E-state index is -0.708. The molecule has 1 aliphatic carbocycles. The molecule has 2 aliphatic rings. The Kier molecular flexibility index (Phi) is 3.97. The second kappa shape index (κ2) is 5.17. The molecule has 2 fully saturated rings. The first-order valence-corrected chi connectivity index (χ1v) is 7.07. The zero-order valence-corrected chi connectivity index (χ0v) is 11.4. The van der Waals surface area contributed by atoms with Gasteiger partial charge in [-0.1, -0.05) is 13.8 Å². The summed E-state index contributed by atoms with van der Waals surface area (Å²) in [5, 5.41) is 19.5. The Balaban J connectivity index is 1.85. The van der Waals surface area contributed by atoms with Gasteiger partial charge in [0.1, 0.15) is 0 Å². The van der Waals surface area contributed by atoms with E-state index in [0.29, 0.717) is 44.1 Å². The second-order valence-electron chi connectivity index (χ2n) is 6.49. The number of aliphatic carboxylic acids is 1. The van der Waals surface area contributed by atoms with Gasteiger partial charge in [0.25, 0.3) is 0 Å². The molecule has 2 rings (SSSR count). The lowest BCUT2D eigenvalue weighted by atomic mass is 9.78. The van der Waals surface area contributed by atoms with Crippen molar-refractivity contribution in [1.82, 2.24) is 4.90 Å². The summed E-state index contributed by atoms with van der Waals surface area (Å²) < 4.78 is 0. The van der Waals surface area contributed by atoms with Crippen LogP contribution in [-0.4, -0.2) is 46.3 Å². The lowest BCUT2D eigenvalue weighted by Crippen LogP contribution is -2.45. The van der Waals surface area contributed by atoms with Crippen LogP contribution >= 0.6 is 0 Å². The molecule has 4 nitrogen and oxygen atoms in total. The number of nitrogens with zero attached hydrogens (tertiary/aromatic N) is 1. The molecule has 1 saturated carbocycles. The lowest BCUT2D eigenvalue weighted by molar-refractivity contribution is -0.145. The van der Waals surface area contributed by atoms with Crippen LogP contribution in [0.1, 0.15) is 39.5 Å². The predicted molar refractivity (Wildman–Crippen MR) is 69.3 cm³/mol. The lowest BCUT2D eigenvalue weighted by Gasteiger charge is -2.37. The summed E-state index contributed by atoms with van der Waals surface area (Å²) in [6.07, 6.45) is 2.49. The van der Waals surface area contributed by atoms with E-state index in [1.807, 2.05) is 0 Å². The van der Waals surface area contributed by atoms with E-state index in [1.165, 1.54) is 0 Å². The molecule has 0 bridgehead atoms. The van der Waals surface area contributed by atoms with Crippen molar-refractivity contribution in [2.45, 2.75) is 45.1 Å². The maximum Gasteiger partial charge on any atom is 0.306 e. The van der Waals surface area contributed by atoms with Crippen molar-refractivity contribution in [3.05, 3.63) is 0 Å². The summed E-state index contributed by atoms with van der Waals surface area (Å²) in [5.74, 6) is 0.440. The number of β-amino-alcohol motifs (C(OH)–C–C–N with tert-alkyl or cyclic N) is 1. The smallest absolute Gasteiger partial charge is 0.306 e. The van der Waals surface area contributed by atoms with E-state index in [0.717, 1.165) is 13.1 Å². The van der Waals surface area contributed by atoms with Gasteiger partial charge in [-0.05, 0) is 37.5 Å². The highest BCUT2D eigenvalue weighted by Crippen LogP contribution is 2.34. The zero-order valence-electron chi connectivity index (χ0n) is 11.4. The molecular weight excluding hydrogens is 230 g/mol. The number of hydrogen-bond donors (Lipinski definition) is 2. The summed E-state index contributed by atoms with van der Waals surface area (Å²) in [7, 11) is 0. The van der Waals surface area contributed by atoms with E-state index in [9.17, 15) is 9.90 Å². The van der Waals surface area contributed by atoms with Crippen molar-refractivity contribution in [3.63, 3.8) is 0 Å². The third kappa shape index (κ3) is 3.04. The molecule has 0 aromatic heterocycles. The van der Waals surface area contributed by atoms with Gasteiger partial charge in [0.2, 0.25) is 0 Å². The molecule has 1 heterocycles. The van der Waals surface area contributed by atoms with Crippen molar-refractivity contribution >= 4 is 5.97 Å². The third-order valence-electron chi connectivity index (χ3n) is 4.85. The Bertz CT molecular complexity index is 300. The number of aliphatic hydroxyl groups is 1. The van der Waals surface area contributed by atoms with Gasteiger partial charge in [0.05, 0.1) is 11.5 Å². The number of hydrogen-bond acceptors (Lipinski definition) is 3. The molecule has 0 radical (unpaired) electrons. The molecule has 1 saturated heterocycles. The third-order valence-corrected chi connectivity index (χ3v) is 4.85. The minimum Gasteiger partial charge on any atom is -0.481 e. The van der Waals surface area contributed by atoms with E-state index < -0.39 is 11.6 Å². The summed E-state index contributed by atoms with van der Waals surface area (Å²) in [6, 6.07) is 0. The zero-order chi connectivity index (χ0) is 13.3. The molecule has 0 amide bonds. The van der Waals surface area contributed by atoms with Crippen LogP contribution in [0.3, 0.4) is 0 Å². The van der Waals surface area contributed by atoms with Gasteiger partial charge in [-0.25, -0.2) is 0 Å². The van der Waals surface area contributed by atoms with Crippen molar-refractivity contribution in [3.8, 4) is 0 Å². The van der Waals surface area contributed by atoms with Crippen LogP contribution in [0.5, 0.6) is 0 Å². The second-order valence-corrected chi connectivity index (χ2v) is 6.49. The van der Waals surface area contributed by atoms with E-state index >= 15 is 0 Å². The predicted octanol–water partition coefficient (Wildman–Crippen LogP) is 1.58. The summed E-state index contributed by atoms with van der Waals surface area (Å²) in [5.41, 5.74) is -0.657. The van der Waals surface area contributed by atoms with Crippen LogP contribution in [-0.2, 0) is 4.79 Å². The van der Waals surface area contributed by atoms with Gasteiger partial charge < -0.3 is 10.2 Å². The van der Waals surface area contributed by atoms with E-state index in [2.05, 4.69) is 18.7 Å². The fraction of sp³-hybridized carbons (Fsp3) is 0.929. The Morgan fingerprint density at radius 3 is 2.17 bits per heavy atom. The molecule has 2 atom stereocenters. The van der Waals surface area contributed by atoms with Crippen molar-refractivity contribution in [2.75, 3.05) is 19.6 Å². The summed E-state index contributed by atoms with van der Waals surface area (Å²) in [6.45, 7) is 7.36. The first-order valence-electron chi connectivity index (χ1n) is 7.07. The topological polar surface area (TPSA) is 60.8 Å². The summed E-state index contributed by atoms with van der Waals surface area (Å²) >= 11 is 0. The Morgan fingerprint density at radius 2 is 1.72 bits per heavy atom. The highest BCUT2D eigenvalue weighted by Gasteiger charge is 2.39. The van der Waals surface area contributed by atoms with Gasteiger partial charge in [0.15, 0.2) is 0 Å². The molecule has 2 unspecified atom stereocenters. The average molecular weight is 255 g/mol. The fourth-order valence-corrected chi connectivity index (χ4v) is 3.35. The number of rotatable bonds is 3. The fourth-order valence-electron chi connectivity index (χ4n) is 3.35. The molecule has 2 N–H and O–H groups in total. The highest BCUT2D eigenvalue weighted by molar-refractivity contribution is 5.70. The first kappa shape index (κ1) is 13.8. The van der Waals surface area contributed by atoms with Gasteiger partial charge in [-0.3, -0.25) is 9.69 Å². The van der Waals surface area contributed by atoms with Crippen LogP contribution in [0.4, 0.5) is 0 Å². The largest absolute Gasteiger partial charge is 0.481 e. The van der Waals surface area contributed by atoms with E-state index in [4.69, 9.17) is 5.11 Å². The number of carbonyl (C=O) groups is 1. The molecule has 18 heavy (non-hydrogen) atoms. The van der Waals surface area contributed by atoms with Gasteiger partial charge in [-0.2, -0.15) is 0 Å². The van der Waals surface area contributed by atoms with Crippen LogP contribution in [0.25, 0.3) is 0 Å². The maximum absolute atomic E-state index is 10.9. The minimum absolute atomic E-state index is 0.248. The van der Waals surface area contributed by atoms with Crippen molar-refractivity contribution in [2.24, 2.45) is 17.8 Å². The Hall–Kier alpha value is -0.610. The molecule has 4 heteroatoms. The van der Waals surface area contributed by atoms with Gasteiger partial charge in [-0.15, -0.1) is 0 Å². The SMILES string of the molecule is CC1CN(CC2(O)CCC(C(=O)O)CC2)CC1C. The Labute approximate surface area is 109 Å². The molecular formula is C14H25NO3. The van der Waals surface area contributed by atoms with Crippen LogP contribution < -0.4 is 0 Å². The van der Waals surface area contributed by atoms with E-state index in [1.54, 1.807) is 0 Å². The first-order chi connectivity index (χ1) is 8.39. The summed E-state index contributed by atoms with van der Waals surface area (Å²) in [4.78, 5) is 13.2. The van der Waals surface area contributed by atoms with Crippen molar-refractivity contribution < 1.29 is 15.0 Å². The number of likely N-dealkylation sites (tertiary alicyclic amines) is 1. The number of carboxylic acid groups (broad SMARTS) is 1. The van der Waals surface area contributed by atoms with E-state index in [-0.39, 0.29) is 5.92 Å².